The molecule has 0 bridgehead atoms. The summed E-state index contributed by atoms with van der Waals surface area (Å²) in [7, 11) is 4.43. The van der Waals surface area contributed by atoms with Crippen LogP contribution in [0.25, 0.3) is 11.1 Å². The van der Waals surface area contributed by atoms with Crippen LogP contribution >= 0.6 is 0 Å². The SMILES string of the molecule is COc1cc2c(c(OC)c1C#N)-c1ccc(OC)c(=O)cc1C(NC(C)=O)CC2. The standard InChI is InChI=1S/C22H22N2O5/c1-12(25)24-17-7-5-13-9-20(28-3)16(11-23)22(29-4)21(13)14-6-8-19(27-2)18(26)10-15(14)17/h6,8-10,17H,5,7H2,1-4H3,(H,24,25). The number of hydrogen-bond donors (Lipinski definition) is 1. The first-order chi connectivity index (χ1) is 13.9. The summed E-state index contributed by atoms with van der Waals surface area (Å²) in [6, 6.07) is 8.44. The third-order valence-electron chi connectivity index (χ3n) is 5.05. The van der Waals surface area contributed by atoms with Gasteiger partial charge in [0, 0.05) is 12.5 Å². The van der Waals surface area contributed by atoms with Gasteiger partial charge in [-0.2, -0.15) is 5.26 Å². The van der Waals surface area contributed by atoms with Crippen LogP contribution in [-0.2, 0) is 11.2 Å². The lowest BCUT2D eigenvalue weighted by Gasteiger charge is -2.18. The fourth-order valence-electron chi connectivity index (χ4n) is 3.81. The van der Waals surface area contributed by atoms with Crippen LogP contribution in [-0.4, -0.2) is 27.2 Å². The van der Waals surface area contributed by atoms with Gasteiger partial charge in [0.25, 0.3) is 0 Å². The molecule has 0 aliphatic heterocycles. The zero-order chi connectivity index (χ0) is 21.1. The maximum atomic E-state index is 12.6. The molecule has 150 valence electrons. The molecule has 2 aromatic carbocycles. The van der Waals surface area contributed by atoms with E-state index in [4.69, 9.17) is 14.2 Å². The molecule has 0 aromatic heterocycles. The zero-order valence-corrected chi connectivity index (χ0v) is 16.8. The van der Waals surface area contributed by atoms with E-state index in [2.05, 4.69) is 11.4 Å². The Kier molecular flexibility index (Phi) is 5.74. The minimum absolute atomic E-state index is 0.189. The largest absolute Gasteiger partial charge is 0.495 e. The fourth-order valence-corrected chi connectivity index (χ4v) is 3.81. The van der Waals surface area contributed by atoms with E-state index < -0.39 is 0 Å². The Morgan fingerprint density at radius 3 is 2.45 bits per heavy atom. The Balaban J connectivity index is 2.44. The molecule has 1 amide bonds. The second-order valence-corrected chi connectivity index (χ2v) is 6.70. The van der Waals surface area contributed by atoms with E-state index in [0.717, 1.165) is 5.56 Å². The predicted octanol–water partition coefficient (Wildman–Crippen LogP) is 2.73. The summed E-state index contributed by atoms with van der Waals surface area (Å²) in [5.74, 6) is 0.795. The summed E-state index contributed by atoms with van der Waals surface area (Å²) in [6.07, 6.45) is 1.17. The number of nitrogens with one attached hydrogen (secondary N) is 1. The molecule has 0 saturated carbocycles. The van der Waals surface area contributed by atoms with Crippen molar-refractivity contribution in [2.24, 2.45) is 0 Å². The highest BCUT2D eigenvalue weighted by molar-refractivity contribution is 5.83. The summed E-state index contributed by atoms with van der Waals surface area (Å²) >= 11 is 0. The maximum Gasteiger partial charge on any atom is 0.220 e. The zero-order valence-electron chi connectivity index (χ0n) is 16.8. The van der Waals surface area contributed by atoms with E-state index in [1.54, 1.807) is 12.1 Å². The highest BCUT2D eigenvalue weighted by Crippen LogP contribution is 2.46. The highest BCUT2D eigenvalue weighted by atomic mass is 16.5. The minimum Gasteiger partial charge on any atom is -0.495 e. The Morgan fingerprint density at radius 1 is 1.14 bits per heavy atom. The van der Waals surface area contributed by atoms with Crippen molar-refractivity contribution in [1.82, 2.24) is 5.32 Å². The molecule has 0 fully saturated rings. The number of amides is 1. The van der Waals surface area contributed by atoms with Gasteiger partial charge in [0.2, 0.25) is 11.3 Å². The van der Waals surface area contributed by atoms with Gasteiger partial charge in [0.05, 0.1) is 27.4 Å². The van der Waals surface area contributed by atoms with E-state index >= 15 is 0 Å². The molecule has 0 spiro atoms. The van der Waals surface area contributed by atoms with Crippen LogP contribution in [0, 0.1) is 11.3 Å². The second-order valence-electron chi connectivity index (χ2n) is 6.70. The van der Waals surface area contributed by atoms with Gasteiger partial charge in [-0.1, -0.05) is 6.07 Å². The molecular weight excluding hydrogens is 372 g/mol. The Labute approximate surface area is 168 Å². The number of hydrogen-bond acceptors (Lipinski definition) is 6. The molecule has 1 unspecified atom stereocenters. The molecule has 1 aliphatic rings. The average molecular weight is 394 g/mol. The van der Waals surface area contributed by atoms with Crippen LogP contribution in [0.1, 0.15) is 36.1 Å². The number of fused-ring (bicyclic) bond motifs is 3. The van der Waals surface area contributed by atoms with E-state index in [1.807, 2.05) is 6.07 Å². The molecule has 2 aromatic rings. The van der Waals surface area contributed by atoms with Crippen molar-refractivity contribution in [3.05, 3.63) is 51.2 Å². The van der Waals surface area contributed by atoms with Crippen LogP contribution in [0.15, 0.2) is 29.1 Å². The number of ether oxygens (including phenoxy) is 3. The van der Waals surface area contributed by atoms with Crippen molar-refractivity contribution in [3.8, 4) is 34.4 Å². The summed E-state index contributed by atoms with van der Waals surface area (Å²) in [6.45, 7) is 1.44. The van der Waals surface area contributed by atoms with Gasteiger partial charge in [-0.25, -0.2) is 0 Å². The van der Waals surface area contributed by atoms with Crippen molar-refractivity contribution < 1.29 is 19.0 Å². The number of rotatable bonds is 4. The first-order valence-corrected chi connectivity index (χ1v) is 9.12. The van der Waals surface area contributed by atoms with E-state index in [-0.39, 0.29) is 28.7 Å². The average Bonchev–Trinajstić information content (AvgIpc) is 2.95. The lowest BCUT2D eigenvalue weighted by molar-refractivity contribution is -0.119. The molecule has 0 heterocycles. The third-order valence-corrected chi connectivity index (χ3v) is 5.05. The lowest BCUT2D eigenvalue weighted by Crippen LogP contribution is -2.26. The normalized spacial score (nSPS) is 14.5. The second kappa shape index (κ2) is 8.23. The van der Waals surface area contributed by atoms with Crippen molar-refractivity contribution in [3.63, 3.8) is 0 Å². The van der Waals surface area contributed by atoms with Gasteiger partial charge < -0.3 is 19.5 Å². The maximum absolute atomic E-state index is 12.6. The molecule has 7 heteroatoms. The molecule has 0 saturated heterocycles. The smallest absolute Gasteiger partial charge is 0.220 e. The summed E-state index contributed by atoms with van der Waals surface area (Å²) in [5, 5.41) is 12.6. The quantitative estimate of drug-likeness (QED) is 0.856. The van der Waals surface area contributed by atoms with Crippen molar-refractivity contribution >= 4 is 5.91 Å². The molecule has 7 nitrogen and oxygen atoms in total. The number of carbonyl (C=O) groups excluding carboxylic acids is 1. The van der Waals surface area contributed by atoms with Crippen LogP contribution < -0.4 is 25.0 Å². The number of methoxy groups -OCH3 is 3. The number of benzene rings is 1. The van der Waals surface area contributed by atoms with Crippen molar-refractivity contribution in [2.75, 3.05) is 21.3 Å². The number of aryl methyl sites for hydroxylation is 1. The minimum atomic E-state index is -0.374. The first kappa shape index (κ1) is 20.2. The molecule has 1 N–H and O–H groups in total. The Bertz CT molecular complexity index is 1070. The lowest BCUT2D eigenvalue weighted by atomic mass is 9.93. The van der Waals surface area contributed by atoms with E-state index in [0.29, 0.717) is 41.0 Å². The molecule has 1 atom stereocenters. The van der Waals surface area contributed by atoms with Crippen LogP contribution in [0.2, 0.25) is 0 Å². The van der Waals surface area contributed by atoms with Crippen LogP contribution in [0.3, 0.4) is 0 Å². The van der Waals surface area contributed by atoms with Crippen LogP contribution in [0.5, 0.6) is 17.2 Å². The summed E-state index contributed by atoms with van der Waals surface area (Å²) < 4.78 is 16.2. The van der Waals surface area contributed by atoms with Crippen LogP contribution in [0.4, 0.5) is 0 Å². The number of carbonyl (C=O) groups is 1. The Hall–Kier alpha value is -3.53. The molecule has 1 aliphatic carbocycles. The van der Waals surface area contributed by atoms with E-state index in [1.165, 1.54) is 34.3 Å². The van der Waals surface area contributed by atoms with Crippen molar-refractivity contribution in [1.29, 1.82) is 5.26 Å². The van der Waals surface area contributed by atoms with Gasteiger partial charge >= 0.3 is 0 Å². The topological polar surface area (TPSA) is 97.7 Å². The first-order valence-electron chi connectivity index (χ1n) is 9.12. The number of nitrogens with zero attached hydrogens (tertiary/aromatic N) is 1. The highest BCUT2D eigenvalue weighted by Gasteiger charge is 2.29. The molecule has 3 rings (SSSR count). The fraction of sp³-hybridized carbons (Fsp3) is 0.318. The molecular formula is C22H22N2O5. The third kappa shape index (κ3) is 3.61. The summed E-state index contributed by atoms with van der Waals surface area (Å²) in [5.41, 5.74) is 2.96. The van der Waals surface area contributed by atoms with E-state index in [9.17, 15) is 14.9 Å². The van der Waals surface area contributed by atoms with Gasteiger partial charge in [-0.05, 0) is 47.7 Å². The number of nitriles is 1. The Morgan fingerprint density at radius 2 is 1.86 bits per heavy atom. The van der Waals surface area contributed by atoms with Gasteiger partial charge in [-0.15, -0.1) is 0 Å². The van der Waals surface area contributed by atoms with Gasteiger partial charge in [0.1, 0.15) is 23.1 Å². The predicted molar refractivity (Wildman–Crippen MR) is 107 cm³/mol. The molecule has 29 heavy (non-hydrogen) atoms. The van der Waals surface area contributed by atoms with Gasteiger partial charge in [0.15, 0.2) is 5.75 Å². The summed E-state index contributed by atoms with van der Waals surface area (Å²) in [4.78, 5) is 24.4. The van der Waals surface area contributed by atoms with Crippen molar-refractivity contribution in [2.45, 2.75) is 25.8 Å². The molecule has 0 radical (unpaired) electrons. The van der Waals surface area contributed by atoms with Gasteiger partial charge in [-0.3, -0.25) is 9.59 Å². The monoisotopic (exact) mass is 394 g/mol.